The van der Waals surface area contributed by atoms with Crippen LogP contribution in [0.1, 0.15) is 19.4 Å². The van der Waals surface area contributed by atoms with Gasteiger partial charge in [0.05, 0.1) is 17.1 Å². The Morgan fingerprint density at radius 3 is 2.65 bits per heavy atom. The largest absolute Gasteiger partial charge is 0.209 e. The van der Waals surface area contributed by atoms with Crippen LogP contribution in [0.2, 0.25) is 0 Å². The fraction of sp³-hybridized carbons (Fsp3) is 0.222. The molecule has 0 aromatic heterocycles. The lowest BCUT2D eigenvalue weighted by atomic mass is 9.81. The molecule has 0 radical (unpaired) electrons. The van der Waals surface area contributed by atoms with E-state index < -0.39 is 0 Å². The van der Waals surface area contributed by atoms with E-state index in [0.29, 0.717) is 5.57 Å². The third-order valence-corrected chi connectivity index (χ3v) is 3.79. The van der Waals surface area contributed by atoms with Crippen molar-refractivity contribution in [1.29, 1.82) is 5.26 Å². The summed E-state index contributed by atoms with van der Waals surface area (Å²) in [6.45, 7) is 8.04. The van der Waals surface area contributed by atoms with Crippen LogP contribution in [-0.4, -0.2) is 17.3 Å². The van der Waals surface area contributed by atoms with Gasteiger partial charge < -0.3 is 0 Å². The predicted octanol–water partition coefficient (Wildman–Crippen LogP) is 3.88. The van der Waals surface area contributed by atoms with Crippen LogP contribution in [0.3, 0.4) is 0 Å². The molecule has 1 aromatic carbocycles. The molecule has 0 amide bonds. The summed E-state index contributed by atoms with van der Waals surface area (Å²) in [5.74, 6) is 0. The molecule has 0 saturated heterocycles. The molecule has 0 spiro atoms. The highest BCUT2D eigenvalue weighted by atomic mass is 15.0. The molecule has 0 N–H and O–H groups in total. The van der Waals surface area contributed by atoms with Gasteiger partial charge in [0.25, 0.3) is 0 Å². The van der Waals surface area contributed by atoms with Gasteiger partial charge in [0.2, 0.25) is 5.69 Å². The summed E-state index contributed by atoms with van der Waals surface area (Å²) in [5, 5.41) is 9.06. The second kappa shape index (κ2) is 5.30. The molecule has 1 aliphatic heterocycles. The van der Waals surface area contributed by atoms with E-state index in [-0.39, 0.29) is 5.41 Å². The smallest absolute Gasteiger partial charge is 0.198 e. The zero-order valence-corrected chi connectivity index (χ0v) is 12.2. The number of para-hydroxylation sites is 1. The molecule has 2 heteroatoms. The van der Waals surface area contributed by atoms with Crippen molar-refractivity contribution in [3.8, 4) is 6.07 Å². The molecule has 0 atom stereocenters. The van der Waals surface area contributed by atoms with Crippen molar-refractivity contribution in [2.24, 2.45) is 0 Å². The molecule has 0 unspecified atom stereocenters. The van der Waals surface area contributed by atoms with Gasteiger partial charge in [-0.15, -0.1) is 0 Å². The SMILES string of the molecule is C=C/C=C(C#N)/C=C\C1=[N+](C)c2ccccc2C1(C)C. The third-order valence-electron chi connectivity index (χ3n) is 3.79. The number of allylic oxidation sites excluding steroid dienone is 5. The fourth-order valence-electron chi connectivity index (χ4n) is 2.73. The molecule has 1 aromatic rings. The average Bonchev–Trinajstić information content (AvgIpc) is 2.64. The van der Waals surface area contributed by atoms with E-state index in [1.807, 2.05) is 12.2 Å². The first-order chi connectivity index (χ1) is 9.52. The van der Waals surface area contributed by atoms with E-state index in [1.54, 1.807) is 12.2 Å². The van der Waals surface area contributed by atoms with Crippen LogP contribution in [0.15, 0.2) is 60.7 Å². The van der Waals surface area contributed by atoms with E-state index in [9.17, 15) is 0 Å². The molecule has 0 aliphatic carbocycles. The van der Waals surface area contributed by atoms with Crippen LogP contribution in [-0.2, 0) is 5.41 Å². The quantitative estimate of drug-likeness (QED) is 0.462. The summed E-state index contributed by atoms with van der Waals surface area (Å²) >= 11 is 0. The normalized spacial score (nSPS) is 17.2. The molecular weight excluding hydrogens is 244 g/mol. The van der Waals surface area contributed by atoms with Crippen LogP contribution >= 0.6 is 0 Å². The Morgan fingerprint density at radius 1 is 1.35 bits per heavy atom. The second-order valence-corrected chi connectivity index (χ2v) is 5.39. The summed E-state index contributed by atoms with van der Waals surface area (Å²) in [7, 11) is 2.07. The highest BCUT2D eigenvalue weighted by Crippen LogP contribution is 2.38. The zero-order chi connectivity index (χ0) is 14.8. The van der Waals surface area contributed by atoms with Gasteiger partial charge in [-0.1, -0.05) is 30.9 Å². The molecule has 2 nitrogen and oxygen atoms in total. The Balaban J connectivity index is 2.47. The maximum atomic E-state index is 9.06. The fourth-order valence-corrected chi connectivity index (χ4v) is 2.73. The molecule has 0 bridgehead atoms. The predicted molar refractivity (Wildman–Crippen MR) is 83.4 cm³/mol. The molecular formula is C18H19N2+. The Morgan fingerprint density at radius 2 is 2.05 bits per heavy atom. The molecule has 1 heterocycles. The van der Waals surface area contributed by atoms with Gasteiger partial charge in [-0.05, 0) is 26.0 Å². The van der Waals surface area contributed by atoms with Crippen molar-refractivity contribution >= 4 is 11.4 Å². The van der Waals surface area contributed by atoms with Crippen molar-refractivity contribution in [3.05, 3.63) is 66.3 Å². The van der Waals surface area contributed by atoms with Gasteiger partial charge in [0, 0.05) is 17.7 Å². The summed E-state index contributed by atoms with van der Waals surface area (Å²) in [6.07, 6.45) is 7.22. The zero-order valence-electron chi connectivity index (χ0n) is 12.2. The minimum absolute atomic E-state index is 0.0589. The van der Waals surface area contributed by atoms with E-state index in [0.717, 1.165) is 0 Å². The Labute approximate surface area is 120 Å². The monoisotopic (exact) mass is 263 g/mol. The van der Waals surface area contributed by atoms with Crippen LogP contribution in [0.5, 0.6) is 0 Å². The Bertz CT molecular complexity index is 680. The van der Waals surface area contributed by atoms with Crippen LogP contribution in [0.25, 0.3) is 0 Å². The number of fused-ring (bicyclic) bond motifs is 1. The molecule has 100 valence electrons. The van der Waals surface area contributed by atoms with Gasteiger partial charge in [0.15, 0.2) is 5.71 Å². The van der Waals surface area contributed by atoms with Gasteiger partial charge in [-0.2, -0.15) is 9.84 Å². The molecule has 0 fully saturated rings. The van der Waals surface area contributed by atoms with E-state index in [4.69, 9.17) is 5.26 Å². The first kappa shape index (κ1) is 14.0. The maximum Gasteiger partial charge on any atom is 0.209 e. The van der Waals surface area contributed by atoms with E-state index >= 15 is 0 Å². The van der Waals surface area contributed by atoms with Crippen LogP contribution in [0, 0.1) is 11.3 Å². The lowest BCUT2D eigenvalue weighted by molar-refractivity contribution is -0.401. The number of rotatable bonds is 3. The first-order valence-corrected chi connectivity index (χ1v) is 6.64. The Kier molecular flexibility index (Phi) is 3.72. The van der Waals surface area contributed by atoms with Crippen LogP contribution < -0.4 is 0 Å². The summed E-state index contributed by atoms with van der Waals surface area (Å²) in [4.78, 5) is 0. The first-order valence-electron chi connectivity index (χ1n) is 6.64. The minimum atomic E-state index is -0.0589. The van der Waals surface area contributed by atoms with Crippen LogP contribution in [0.4, 0.5) is 5.69 Å². The van der Waals surface area contributed by atoms with Crippen molar-refractivity contribution in [2.45, 2.75) is 19.3 Å². The second-order valence-electron chi connectivity index (χ2n) is 5.39. The summed E-state index contributed by atoms with van der Waals surface area (Å²) < 4.78 is 2.19. The van der Waals surface area contributed by atoms with Crippen molar-refractivity contribution in [2.75, 3.05) is 7.05 Å². The summed E-state index contributed by atoms with van der Waals surface area (Å²) in [5.41, 5.74) is 4.27. The number of hydrogen-bond donors (Lipinski definition) is 0. The molecule has 2 rings (SSSR count). The number of nitrogens with zero attached hydrogens (tertiary/aromatic N) is 2. The highest BCUT2D eigenvalue weighted by molar-refractivity contribution is 6.03. The minimum Gasteiger partial charge on any atom is -0.198 e. The lowest BCUT2D eigenvalue weighted by Gasteiger charge is -2.15. The average molecular weight is 263 g/mol. The van der Waals surface area contributed by atoms with Gasteiger partial charge in [-0.25, -0.2) is 0 Å². The van der Waals surface area contributed by atoms with Gasteiger partial charge in [-0.3, -0.25) is 0 Å². The Hall–Kier alpha value is -2.40. The number of hydrogen-bond acceptors (Lipinski definition) is 1. The van der Waals surface area contributed by atoms with E-state index in [2.05, 4.69) is 62.4 Å². The maximum absolute atomic E-state index is 9.06. The molecule has 0 saturated carbocycles. The van der Waals surface area contributed by atoms with Gasteiger partial charge >= 0.3 is 0 Å². The van der Waals surface area contributed by atoms with Crippen molar-refractivity contribution in [3.63, 3.8) is 0 Å². The van der Waals surface area contributed by atoms with Gasteiger partial charge in [0.1, 0.15) is 7.05 Å². The topological polar surface area (TPSA) is 26.8 Å². The highest BCUT2D eigenvalue weighted by Gasteiger charge is 2.42. The lowest BCUT2D eigenvalue weighted by Crippen LogP contribution is -2.26. The third kappa shape index (κ3) is 2.23. The van der Waals surface area contributed by atoms with Crippen molar-refractivity contribution < 1.29 is 4.58 Å². The summed E-state index contributed by atoms with van der Waals surface area (Å²) in [6, 6.07) is 10.6. The van der Waals surface area contributed by atoms with Crippen molar-refractivity contribution in [1.82, 2.24) is 0 Å². The molecule has 20 heavy (non-hydrogen) atoms. The standard InChI is InChI=1S/C18H19N2/c1-5-8-14(13-19)11-12-17-18(2,3)15-9-6-7-10-16(15)20(17)4/h5-12H,1H2,2-4H3/q+1/b12-11-,14-8-. The number of nitriles is 1. The van der Waals surface area contributed by atoms with E-state index in [1.165, 1.54) is 17.0 Å². The number of benzene rings is 1. The molecule has 1 aliphatic rings.